The molecule has 0 bridgehead atoms. The van der Waals surface area contributed by atoms with E-state index in [2.05, 4.69) is 20.6 Å². The zero-order valence-corrected chi connectivity index (χ0v) is 21.6. The molecule has 3 heterocycles. The highest BCUT2D eigenvalue weighted by Gasteiger charge is 2.18. The maximum absolute atomic E-state index is 14.1. The number of nitrogens with one attached hydrogen (secondary N) is 2. The molecule has 198 valence electrons. The number of fused-ring (bicyclic) bond motifs is 2. The van der Waals surface area contributed by atoms with Crippen LogP contribution in [0.2, 0.25) is 0 Å². The number of anilines is 2. The standard InChI is InChI=1S/C29H32F2N6O/c1-37-27(38)17-26(20-12-15-32-18-23(20)31)36-29(37)34-14-7-3-2-6-13-33-28-21-8-4-5-9-24(21)35-25-16-19(30)10-11-22(25)28/h10-12,15-18H,2-9,13-14H2,1H3,(H,33,35)(H,34,36). The van der Waals surface area contributed by atoms with E-state index in [1.54, 1.807) is 7.05 Å². The van der Waals surface area contributed by atoms with E-state index in [9.17, 15) is 13.6 Å². The van der Waals surface area contributed by atoms with Crippen molar-refractivity contribution in [2.24, 2.45) is 7.05 Å². The van der Waals surface area contributed by atoms with Gasteiger partial charge in [-0.15, -0.1) is 0 Å². The molecule has 38 heavy (non-hydrogen) atoms. The van der Waals surface area contributed by atoms with Gasteiger partial charge in [0, 0.05) is 60.8 Å². The van der Waals surface area contributed by atoms with Crippen LogP contribution in [-0.4, -0.2) is 32.6 Å². The second kappa shape index (κ2) is 11.7. The van der Waals surface area contributed by atoms with Crippen LogP contribution in [0.5, 0.6) is 0 Å². The normalized spacial score (nSPS) is 12.9. The summed E-state index contributed by atoms with van der Waals surface area (Å²) in [4.78, 5) is 25.3. The van der Waals surface area contributed by atoms with Gasteiger partial charge in [0.25, 0.3) is 5.56 Å². The Morgan fingerprint density at radius 1 is 0.947 bits per heavy atom. The number of rotatable bonds is 10. The summed E-state index contributed by atoms with van der Waals surface area (Å²) in [7, 11) is 1.64. The quantitative estimate of drug-likeness (QED) is 0.265. The van der Waals surface area contributed by atoms with Crippen molar-refractivity contribution in [1.82, 2.24) is 19.5 Å². The highest BCUT2D eigenvalue weighted by molar-refractivity contribution is 5.93. The van der Waals surface area contributed by atoms with E-state index in [1.165, 1.54) is 40.6 Å². The molecule has 2 N–H and O–H groups in total. The summed E-state index contributed by atoms with van der Waals surface area (Å²) in [5, 5.41) is 7.84. The van der Waals surface area contributed by atoms with Crippen molar-refractivity contribution in [2.45, 2.75) is 51.4 Å². The number of benzene rings is 1. The molecule has 0 fully saturated rings. The van der Waals surface area contributed by atoms with Crippen molar-refractivity contribution in [3.8, 4) is 11.3 Å². The van der Waals surface area contributed by atoms with Crippen LogP contribution >= 0.6 is 0 Å². The molecule has 1 aliphatic rings. The summed E-state index contributed by atoms with van der Waals surface area (Å²) in [5.74, 6) is -0.358. The highest BCUT2D eigenvalue weighted by Crippen LogP contribution is 2.33. The van der Waals surface area contributed by atoms with Gasteiger partial charge in [0.05, 0.1) is 17.4 Å². The van der Waals surface area contributed by atoms with E-state index in [1.807, 2.05) is 6.07 Å². The maximum atomic E-state index is 14.1. The third-order valence-electron chi connectivity index (χ3n) is 7.10. The maximum Gasteiger partial charge on any atom is 0.255 e. The molecule has 0 unspecified atom stereocenters. The molecule has 0 atom stereocenters. The number of aromatic nitrogens is 4. The van der Waals surface area contributed by atoms with Gasteiger partial charge in [0.2, 0.25) is 5.95 Å². The molecule has 1 aromatic carbocycles. The van der Waals surface area contributed by atoms with E-state index in [-0.39, 0.29) is 22.6 Å². The summed E-state index contributed by atoms with van der Waals surface area (Å²) < 4.78 is 29.4. The average molecular weight is 519 g/mol. The molecule has 3 aromatic heterocycles. The molecule has 0 radical (unpaired) electrons. The number of halogens is 2. The van der Waals surface area contributed by atoms with Gasteiger partial charge in [0.15, 0.2) is 5.82 Å². The molecule has 0 saturated carbocycles. The Labute approximate surface area is 220 Å². The number of nitrogens with zero attached hydrogens (tertiary/aromatic N) is 4. The smallest absolute Gasteiger partial charge is 0.255 e. The van der Waals surface area contributed by atoms with E-state index in [0.29, 0.717) is 12.5 Å². The van der Waals surface area contributed by atoms with Crippen molar-refractivity contribution in [1.29, 1.82) is 0 Å². The SMILES string of the molecule is Cn1c(NCCCCCCNc2c3c(nc4cc(F)ccc24)CCCC3)nc(-c2ccncc2F)cc1=O. The lowest BCUT2D eigenvalue weighted by molar-refractivity contribution is 0.624. The van der Waals surface area contributed by atoms with Gasteiger partial charge in [-0.3, -0.25) is 19.3 Å². The minimum absolute atomic E-state index is 0.252. The van der Waals surface area contributed by atoms with Crippen LogP contribution in [0.3, 0.4) is 0 Å². The predicted molar refractivity (Wildman–Crippen MR) is 146 cm³/mol. The van der Waals surface area contributed by atoms with E-state index in [0.717, 1.165) is 86.4 Å². The highest BCUT2D eigenvalue weighted by atomic mass is 19.1. The van der Waals surface area contributed by atoms with E-state index >= 15 is 0 Å². The molecule has 0 amide bonds. The van der Waals surface area contributed by atoms with Crippen molar-refractivity contribution >= 4 is 22.5 Å². The van der Waals surface area contributed by atoms with Gasteiger partial charge in [-0.2, -0.15) is 0 Å². The summed E-state index contributed by atoms with van der Waals surface area (Å²) >= 11 is 0. The first-order valence-corrected chi connectivity index (χ1v) is 13.3. The zero-order valence-electron chi connectivity index (χ0n) is 21.6. The second-order valence-electron chi connectivity index (χ2n) is 9.77. The fraction of sp³-hybridized carbons (Fsp3) is 0.379. The molecule has 7 nitrogen and oxygen atoms in total. The lowest BCUT2D eigenvalue weighted by atomic mass is 9.92. The molecular weight excluding hydrogens is 486 g/mol. The molecular formula is C29H32F2N6O. The second-order valence-corrected chi connectivity index (χ2v) is 9.77. The molecule has 5 rings (SSSR count). The summed E-state index contributed by atoms with van der Waals surface area (Å²) in [6.45, 7) is 1.50. The minimum Gasteiger partial charge on any atom is -0.384 e. The Bertz CT molecular complexity index is 1500. The largest absolute Gasteiger partial charge is 0.384 e. The van der Waals surface area contributed by atoms with E-state index in [4.69, 9.17) is 4.98 Å². The summed E-state index contributed by atoms with van der Waals surface area (Å²) in [5.41, 5.74) is 4.50. The zero-order chi connectivity index (χ0) is 26.5. The van der Waals surface area contributed by atoms with Gasteiger partial charge in [-0.05, 0) is 62.3 Å². The minimum atomic E-state index is -0.514. The number of hydrogen-bond acceptors (Lipinski definition) is 6. The predicted octanol–water partition coefficient (Wildman–Crippen LogP) is 5.63. The molecule has 0 aliphatic heterocycles. The van der Waals surface area contributed by atoms with Gasteiger partial charge in [0.1, 0.15) is 5.82 Å². The van der Waals surface area contributed by atoms with Crippen LogP contribution in [0.4, 0.5) is 20.4 Å². The van der Waals surface area contributed by atoms with E-state index < -0.39 is 5.82 Å². The lowest BCUT2D eigenvalue weighted by Crippen LogP contribution is -2.22. The van der Waals surface area contributed by atoms with Crippen LogP contribution < -0.4 is 16.2 Å². The van der Waals surface area contributed by atoms with Crippen molar-refractivity contribution in [2.75, 3.05) is 23.7 Å². The summed E-state index contributed by atoms with van der Waals surface area (Å²) in [6.07, 6.45) is 10.8. The van der Waals surface area contributed by atoms with Crippen molar-refractivity contribution in [3.63, 3.8) is 0 Å². The van der Waals surface area contributed by atoms with Crippen LogP contribution in [0.15, 0.2) is 47.5 Å². The Morgan fingerprint density at radius 3 is 2.55 bits per heavy atom. The third kappa shape index (κ3) is 5.66. The Kier molecular flexibility index (Phi) is 7.91. The van der Waals surface area contributed by atoms with Gasteiger partial charge < -0.3 is 10.6 Å². The monoisotopic (exact) mass is 518 g/mol. The number of pyridine rings is 2. The Morgan fingerprint density at radius 2 is 1.74 bits per heavy atom. The Balaban J connectivity index is 1.12. The fourth-order valence-corrected chi connectivity index (χ4v) is 5.04. The molecule has 0 spiro atoms. The van der Waals surface area contributed by atoms with Crippen molar-refractivity contribution in [3.05, 3.63) is 76.0 Å². The topological polar surface area (TPSA) is 84.7 Å². The first-order chi connectivity index (χ1) is 18.5. The number of hydrogen-bond donors (Lipinski definition) is 2. The number of unbranched alkanes of at least 4 members (excludes halogenated alkanes) is 3. The van der Waals surface area contributed by atoms with Crippen molar-refractivity contribution < 1.29 is 8.78 Å². The average Bonchev–Trinajstić information content (AvgIpc) is 2.91. The molecule has 0 saturated heterocycles. The first-order valence-electron chi connectivity index (χ1n) is 13.3. The molecule has 9 heteroatoms. The third-order valence-corrected chi connectivity index (χ3v) is 7.10. The van der Waals surface area contributed by atoms with Crippen LogP contribution in [0.1, 0.15) is 49.8 Å². The molecule has 4 aromatic rings. The lowest BCUT2D eigenvalue weighted by Gasteiger charge is -2.21. The number of aryl methyl sites for hydroxylation is 1. The van der Waals surface area contributed by atoms with Gasteiger partial charge in [-0.1, -0.05) is 12.8 Å². The molecule has 1 aliphatic carbocycles. The first kappa shape index (κ1) is 25.8. The summed E-state index contributed by atoms with van der Waals surface area (Å²) in [6, 6.07) is 7.70. The van der Waals surface area contributed by atoms with Gasteiger partial charge in [-0.25, -0.2) is 13.8 Å². The fourth-order valence-electron chi connectivity index (χ4n) is 5.04. The van der Waals surface area contributed by atoms with Gasteiger partial charge >= 0.3 is 0 Å². The van der Waals surface area contributed by atoms with Crippen LogP contribution in [0, 0.1) is 11.6 Å². The van der Waals surface area contributed by atoms with Crippen LogP contribution in [0.25, 0.3) is 22.2 Å². The van der Waals surface area contributed by atoms with Crippen LogP contribution in [-0.2, 0) is 19.9 Å². The Hall–Kier alpha value is -3.88.